The maximum Gasteiger partial charge on any atom is 0.451 e. The molecule has 0 spiro atoms. The number of hydrogen-bond donors (Lipinski definition) is 0. The molecule has 8 heteroatoms. The average molecular weight is 527 g/mol. The minimum Gasteiger partial charge on any atom is -0.372 e. The van der Waals surface area contributed by atoms with Crippen LogP contribution in [0, 0.1) is 0 Å². The molecule has 0 aromatic heterocycles. The van der Waals surface area contributed by atoms with E-state index in [9.17, 15) is 13.2 Å². The summed E-state index contributed by atoms with van der Waals surface area (Å²) in [6, 6.07) is 26.2. The minimum atomic E-state index is -4.62. The molecule has 0 fully saturated rings. The van der Waals surface area contributed by atoms with Gasteiger partial charge in [0.15, 0.2) is 5.66 Å². The molecule has 4 nitrogen and oxygen atoms in total. The van der Waals surface area contributed by atoms with Crippen molar-refractivity contribution < 1.29 is 13.2 Å². The first-order chi connectivity index (χ1) is 16.3. The van der Waals surface area contributed by atoms with Gasteiger partial charge in [0.1, 0.15) is 0 Å². The quantitative estimate of drug-likeness (QED) is 0.400. The molecule has 0 radical (unpaired) electrons. The van der Waals surface area contributed by atoms with Gasteiger partial charge in [-0.05, 0) is 35.9 Å². The van der Waals surface area contributed by atoms with Gasteiger partial charge in [-0.2, -0.15) is 13.2 Å². The van der Waals surface area contributed by atoms with Crippen LogP contribution in [0.15, 0.2) is 101 Å². The van der Waals surface area contributed by atoms with Gasteiger partial charge >= 0.3 is 6.18 Å². The van der Waals surface area contributed by atoms with E-state index >= 15 is 0 Å². The van der Waals surface area contributed by atoms with E-state index < -0.39 is 17.7 Å². The molecule has 1 unspecified atom stereocenters. The van der Waals surface area contributed by atoms with E-state index in [4.69, 9.17) is 0 Å². The lowest BCUT2D eigenvalue weighted by Crippen LogP contribution is -2.54. The number of hydrazone groups is 1. The van der Waals surface area contributed by atoms with Gasteiger partial charge in [0.05, 0.1) is 5.69 Å². The van der Waals surface area contributed by atoms with E-state index in [0.717, 1.165) is 15.7 Å². The highest BCUT2D eigenvalue weighted by atomic mass is 79.9. The molecule has 0 amide bonds. The largest absolute Gasteiger partial charge is 0.451 e. The fourth-order valence-electron chi connectivity index (χ4n) is 4.59. The Morgan fingerprint density at radius 3 is 2.09 bits per heavy atom. The van der Waals surface area contributed by atoms with Crippen molar-refractivity contribution in [2.24, 2.45) is 5.10 Å². The second kappa shape index (κ2) is 8.51. The summed E-state index contributed by atoms with van der Waals surface area (Å²) in [6.45, 7) is 0.544. The third-order valence-corrected chi connectivity index (χ3v) is 6.71. The number of halogens is 4. The molecule has 2 aliphatic rings. The second-order valence-corrected chi connectivity index (χ2v) is 9.19. The van der Waals surface area contributed by atoms with Crippen LogP contribution in [-0.4, -0.2) is 41.9 Å². The number of amidine groups is 1. The summed E-state index contributed by atoms with van der Waals surface area (Å²) in [6.07, 6.45) is -2.71. The maximum absolute atomic E-state index is 14.4. The van der Waals surface area contributed by atoms with Gasteiger partial charge in [-0.15, -0.1) is 5.10 Å². The fourth-order valence-corrected chi connectivity index (χ4v) is 4.86. The van der Waals surface area contributed by atoms with Gasteiger partial charge in [0, 0.05) is 35.9 Å². The van der Waals surface area contributed by atoms with E-state index in [-0.39, 0.29) is 6.54 Å². The predicted molar refractivity (Wildman–Crippen MR) is 132 cm³/mol. The van der Waals surface area contributed by atoms with Crippen LogP contribution < -0.4 is 5.01 Å². The maximum atomic E-state index is 14.4. The first-order valence-electron chi connectivity index (χ1n) is 10.8. The van der Waals surface area contributed by atoms with Crippen molar-refractivity contribution in [3.63, 3.8) is 0 Å². The molecular formula is C26H22BrF3N4. The fraction of sp³-hybridized carbons (Fsp3) is 0.192. The zero-order chi connectivity index (χ0) is 23.9. The Labute approximate surface area is 204 Å². The van der Waals surface area contributed by atoms with Crippen molar-refractivity contribution in [1.82, 2.24) is 9.80 Å². The summed E-state index contributed by atoms with van der Waals surface area (Å²) < 4.78 is 44.0. The van der Waals surface area contributed by atoms with Crippen LogP contribution in [0.3, 0.4) is 0 Å². The molecule has 1 atom stereocenters. The third-order valence-electron chi connectivity index (χ3n) is 6.19. The van der Waals surface area contributed by atoms with Crippen LogP contribution in [-0.2, 0) is 5.66 Å². The lowest BCUT2D eigenvalue weighted by molar-refractivity contribution is -0.0701. The Balaban J connectivity index is 1.83. The normalized spacial score (nSPS) is 20.6. The average Bonchev–Trinajstić information content (AvgIpc) is 3.10. The molecule has 0 aliphatic carbocycles. The van der Waals surface area contributed by atoms with Gasteiger partial charge in [0.2, 0.25) is 5.84 Å². The van der Waals surface area contributed by atoms with E-state index in [1.165, 1.54) is 9.91 Å². The number of nitrogens with zero attached hydrogens (tertiary/aromatic N) is 4. The summed E-state index contributed by atoms with van der Waals surface area (Å²) >= 11 is 3.42. The molecule has 0 saturated heterocycles. The summed E-state index contributed by atoms with van der Waals surface area (Å²) in [5.74, 6) is -0.904. The molecule has 5 rings (SSSR count). The Hall–Kier alpha value is -3.26. The van der Waals surface area contributed by atoms with Crippen LogP contribution in [0.4, 0.5) is 18.9 Å². The second-order valence-electron chi connectivity index (χ2n) is 8.27. The van der Waals surface area contributed by atoms with Crippen LogP contribution in [0.1, 0.15) is 11.1 Å². The smallest absolute Gasteiger partial charge is 0.372 e. The number of anilines is 1. The first kappa shape index (κ1) is 22.5. The first-order valence-corrected chi connectivity index (χ1v) is 11.6. The molecular weight excluding hydrogens is 505 g/mol. The molecule has 2 aliphatic heterocycles. The zero-order valence-corrected chi connectivity index (χ0v) is 20.0. The van der Waals surface area contributed by atoms with E-state index in [1.807, 2.05) is 90.8 Å². The van der Waals surface area contributed by atoms with Gasteiger partial charge in [-0.3, -0.25) is 0 Å². The number of alkyl halides is 3. The van der Waals surface area contributed by atoms with E-state index in [1.54, 1.807) is 12.1 Å². The highest BCUT2D eigenvalue weighted by Crippen LogP contribution is 2.47. The van der Waals surface area contributed by atoms with Crippen molar-refractivity contribution in [3.8, 4) is 0 Å². The molecule has 174 valence electrons. The van der Waals surface area contributed by atoms with Crippen LogP contribution in [0.25, 0.3) is 5.70 Å². The van der Waals surface area contributed by atoms with Crippen LogP contribution in [0.2, 0.25) is 0 Å². The number of fused-ring (bicyclic) bond motifs is 1. The molecule has 3 aromatic carbocycles. The van der Waals surface area contributed by atoms with Gasteiger partial charge in [0.25, 0.3) is 0 Å². The standard InChI is InChI=1S/C26H22BrF3N4/c1-32-16-17-33-24(26(28,29)30)31-34(22-14-12-21(27)13-15-22)25(33,20-10-6-3-7-11-20)18-23(32)19-8-4-2-5-9-19/h2-15,18H,16-17H2,1H3. The summed E-state index contributed by atoms with van der Waals surface area (Å²) in [7, 11) is 1.91. The van der Waals surface area contributed by atoms with Crippen molar-refractivity contribution in [1.29, 1.82) is 0 Å². The van der Waals surface area contributed by atoms with Gasteiger partial charge in [-0.1, -0.05) is 76.6 Å². The lowest BCUT2D eigenvalue weighted by Gasteiger charge is -2.42. The molecule has 0 N–H and O–H groups in total. The van der Waals surface area contributed by atoms with Crippen LogP contribution in [0.5, 0.6) is 0 Å². The third kappa shape index (κ3) is 3.76. The SMILES string of the molecule is CN1CCN2C(C(F)(F)F)=NN(c3ccc(Br)cc3)C2(c2ccccc2)C=C1c1ccccc1. The molecule has 0 saturated carbocycles. The zero-order valence-electron chi connectivity index (χ0n) is 18.4. The summed E-state index contributed by atoms with van der Waals surface area (Å²) in [5.41, 5.74) is 1.72. The number of rotatable bonds is 3. The number of likely N-dealkylation sites (N-methyl/N-ethyl adjacent to an activating group) is 1. The highest BCUT2D eigenvalue weighted by molar-refractivity contribution is 9.10. The Bertz CT molecular complexity index is 1230. The number of benzene rings is 3. The predicted octanol–water partition coefficient (Wildman–Crippen LogP) is 6.29. The van der Waals surface area contributed by atoms with Gasteiger partial charge in [-0.25, -0.2) is 5.01 Å². The van der Waals surface area contributed by atoms with Crippen molar-refractivity contribution >= 4 is 33.1 Å². The Kier molecular flexibility index (Phi) is 5.64. The Morgan fingerprint density at radius 1 is 0.853 bits per heavy atom. The monoisotopic (exact) mass is 526 g/mol. The molecule has 2 heterocycles. The summed E-state index contributed by atoms with van der Waals surface area (Å²) in [5, 5.41) is 5.72. The van der Waals surface area contributed by atoms with Crippen molar-refractivity contribution in [2.75, 3.05) is 25.1 Å². The topological polar surface area (TPSA) is 22.1 Å². The summed E-state index contributed by atoms with van der Waals surface area (Å²) in [4.78, 5) is 3.39. The minimum absolute atomic E-state index is 0.142. The van der Waals surface area contributed by atoms with Crippen molar-refractivity contribution in [2.45, 2.75) is 11.8 Å². The molecule has 0 bridgehead atoms. The van der Waals surface area contributed by atoms with E-state index in [2.05, 4.69) is 21.0 Å². The number of hydrogen-bond acceptors (Lipinski definition) is 4. The van der Waals surface area contributed by atoms with Gasteiger partial charge < -0.3 is 9.80 Å². The van der Waals surface area contributed by atoms with Crippen molar-refractivity contribution in [3.05, 3.63) is 107 Å². The highest BCUT2D eigenvalue weighted by Gasteiger charge is 2.57. The molecule has 3 aromatic rings. The van der Waals surface area contributed by atoms with Crippen LogP contribution >= 0.6 is 15.9 Å². The Morgan fingerprint density at radius 2 is 1.47 bits per heavy atom. The lowest BCUT2D eigenvalue weighted by atomic mass is 9.93. The molecule has 34 heavy (non-hydrogen) atoms. The van der Waals surface area contributed by atoms with E-state index in [0.29, 0.717) is 17.8 Å².